The van der Waals surface area contributed by atoms with Gasteiger partial charge in [-0.15, -0.1) is 0 Å². The summed E-state index contributed by atoms with van der Waals surface area (Å²) in [6.45, 7) is 4.07. The number of rotatable bonds is 3. The highest BCUT2D eigenvalue weighted by Gasteiger charge is 2.48. The van der Waals surface area contributed by atoms with Crippen LogP contribution in [0.1, 0.15) is 30.9 Å². The van der Waals surface area contributed by atoms with E-state index in [0.29, 0.717) is 19.6 Å². The summed E-state index contributed by atoms with van der Waals surface area (Å²) in [6.07, 6.45) is 2.10. The molecule has 0 amide bonds. The summed E-state index contributed by atoms with van der Waals surface area (Å²) in [5.41, 5.74) is -1.10. The van der Waals surface area contributed by atoms with Gasteiger partial charge in [-0.3, -0.25) is 0 Å². The zero-order chi connectivity index (χ0) is 17.5. The van der Waals surface area contributed by atoms with Crippen molar-refractivity contribution >= 4 is 0 Å². The minimum atomic E-state index is -1.52. The van der Waals surface area contributed by atoms with E-state index < -0.39 is 28.9 Å². The quantitative estimate of drug-likeness (QED) is 0.887. The fourth-order valence-corrected chi connectivity index (χ4v) is 3.44. The molecule has 1 spiro atoms. The first-order chi connectivity index (χ1) is 11.3. The van der Waals surface area contributed by atoms with Gasteiger partial charge in [0.25, 0.3) is 0 Å². The number of aliphatic hydroxyl groups is 2. The fraction of sp³-hybridized carbons (Fsp3) is 0.556. The fourth-order valence-electron chi connectivity index (χ4n) is 3.44. The van der Waals surface area contributed by atoms with Crippen LogP contribution in [0, 0.1) is 24.5 Å². The molecule has 0 saturated carbocycles. The van der Waals surface area contributed by atoms with Gasteiger partial charge in [-0.05, 0) is 48.9 Å². The summed E-state index contributed by atoms with van der Waals surface area (Å²) in [7, 11) is 0. The first-order valence-corrected chi connectivity index (χ1v) is 8.13. The SMILES string of the molecule is Cc1cc(F)c(CC(C)[C@]2(O)CCC3(C=C2O)OCCO3)cc1F. The third-order valence-corrected chi connectivity index (χ3v) is 5.10. The second kappa shape index (κ2) is 6.10. The molecule has 0 bridgehead atoms. The van der Waals surface area contributed by atoms with Crippen molar-refractivity contribution in [3.63, 3.8) is 0 Å². The van der Waals surface area contributed by atoms with Crippen molar-refractivity contribution in [2.24, 2.45) is 5.92 Å². The smallest absolute Gasteiger partial charge is 0.191 e. The molecule has 2 aliphatic rings. The number of ether oxygens (including phenoxy) is 2. The molecule has 3 rings (SSSR count). The predicted octanol–water partition coefficient (Wildman–Crippen LogP) is 3.16. The Bertz CT molecular complexity index is 667. The number of aryl methyl sites for hydroxylation is 1. The van der Waals surface area contributed by atoms with E-state index in [0.717, 1.165) is 12.1 Å². The van der Waals surface area contributed by atoms with Crippen molar-refractivity contribution in [2.75, 3.05) is 13.2 Å². The van der Waals surface area contributed by atoms with Gasteiger partial charge in [0.1, 0.15) is 23.0 Å². The standard InChI is InChI=1S/C18H22F2O4/c1-11-7-15(20)13(9-14(11)19)8-12(2)18(22)4-3-17(10-16(18)21)23-5-6-24-17/h7,9-10,12,21-22H,3-6,8H2,1-2H3/t12?,18-/m1/s1. The molecule has 24 heavy (non-hydrogen) atoms. The van der Waals surface area contributed by atoms with Crippen LogP contribution in [-0.4, -0.2) is 34.8 Å². The van der Waals surface area contributed by atoms with Crippen molar-refractivity contribution in [1.29, 1.82) is 0 Å². The molecule has 1 saturated heterocycles. The Kier molecular flexibility index (Phi) is 4.40. The van der Waals surface area contributed by atoms with E-state index in [4.69, 9.17) is 9.47 Å². The zero-order valence-electron chi connectivity index (χ0n) is 13.8. The number of hydrogen-bond acceptors (Lipinski definition) is 4. The average molecular weight is 340 g/mol. The Labute approximate surface area is 139 Å². The summed E-state index contributed by atoms with van der Waals surface area (Å²) >= 11 is 0. The second-order valence-electron chi connectivity index (χ2n) is 6.76. The van der Waals surface area contributed by atoms with Crippen molar-refractivity contribution < 1.29 is 28.5 Å². The molecular formula is C18H22F2O4. The average Bonchev–Trinajstić information content (AvgIpc) is 2.97. The minimum Gasteiger partial charge on any atom is -0.509 e. The van der Waals surface area contributed by atoms with Crippen LogP contribution in [0.25, 0.3) is 0 Å². The van der Waals surface area contributed by atoms with Gasteiger partial charge >= 0.3 is 0 Å². The van der Waals surface area contributed by atoms with E-state index in [2.05, 4.69) is 0 Å². The first kappa shape index (κ1) is 17.3. The zero-order valence-corrected chi connectivity index (χ0v) is 13.8. The van der Waals surface area contributed by atoms with Crippen molar-refractivity contribution in [2.45, 2.75) is 44.5 Å². The van der Waals surface area contributed by atoms with E-state index in [1.54, 1.807) is 6.92 Å². The van der Waals surface area contributed by atoms with Gasteiger partial charge in [0.15, 0.2) is 5.79 Å². The maximum absolute atomic E-state index is 14.1. The highest BCUT2D eigenvalue weighted by molar-refractivity contribution is 5.27. The molecule has 132 valence electrons. The molecule has 1 aromatic rings. The minimum absolute atomic E-state index is 0.103. The Hall–Kier alpha value is -1.50. The Morgan fingerprint density at radius 2 is 1.83 bits per heavy atom. The third-order valence-electron chi connectivity index (χ3n) is 5.10. The maximum atomic E-state index is 14.1. The van der Waals surface area contributed by atoms with Crippen LogP contribution in [0.5, 0.6) is 0 Å². The van der Waals surface area contributed by atoms with Crippen molar-refractivity contribution in [3.05, 3.63) is 46.7 Å². The molecule has 4 nitrogen and oxygen atoms in total. The van der Waals surface area contributed by atoms with E-state index in [1.807, 2.05) is 0 Å². The molecule has 1 aromatic carbocycles. The molecular weight excluding hydrogens is 318 g/mol. The summed E-state index contributed by atoms with van der Waals surface area (Å²) in [5.74, 6) is -2.72. The van der Waals surface area contributed by atoms with Crippen LogP contribution in [0.4, 0.5) is 8.78 Å². The van der Waals surface area contributed by atoms with Crippen molar-refractivity contribution in [3.8, 4) is 0 Å². The highest BCUT2D eigenvalue weighted by atomic mass is 19.1. The van der Waals surface area contributed by atoms with E-state index in [9.17, 15) is 19.0 Å². The molecule has 0 radical (unpaired) electrons. The van der Waals surface area contributed by atoms with Gasteiger partial charge in [-0.2, -0.15) is 0 Å². The number of aliphatic hydroxyl groups excluding tert-OH is 1. The largest absolute Gasteiger partial charge is 0.509 e. The van der Waals surface area contributed by atoms with Gasteiger partial charge in [0.05, 0.1) is 13.2 Å². The molecule has 1 unspecified atom stereocenters. The second-order valence-corrected chi connectivity index (χ2v) is 6.76. The van der Waals surface area contributed by atoms with Crippen molar-refractivity contribution in [1.82, 2.24) is 0 Å². The normalized spacial score (nSPS) is 27.3. The number of hydrogen-bond donors (Lipinski definition) is 2. The van der Waals surface area contributed by atoms with Gasteiger partial charge in [-0.1, -0.05) is 6.92 Å². The maximum Gasteiger partial charge on any atom is 0.191 e. The van der Waals surface area contributed by atoms with Crippen LogP contribution < -0.4 is 0 Å². The Balaban J connectivity index is 1.82. The molecule has 0 aromatic heterocycles. The molecule has 1 heterocycles. The number of halogens is 2. The predicted molar refractivity (Wildman–Crippen MR) is 83.5 cm³/mol. The lowest BCUT2D eigenvalue weighted by Crippen LogP contribution is -2.47. The molecule has 2 atom stereocenters. The third kappa shape index (κ3) is 2.94. The number of benzene rings is 1. The molecule has 6 heteroatoms. The topological polar surface area (TPSA) is 58.9 Å². The monoisotopic (exact) mass is 340 g/mol. The molecule has 1 aliphatic heterocycles. The lowest BCUT2D eigenvalue weighted by atomic mass is 9.75. The van der Waals surface area contributed by atoms with Gasteiger partial charge in [0, 0.05) is 12.5 Å². The Morgan fingerprint density at radius 3 is 2.46 bits per heavy atom. The van der Waals surface area contributed by atoms with Crippen LogP contribution >= 0.6 is 0 Å². The summed E-state index contributed by atoms with van der Waals surface area (Å²) < 4.78 is 38.8. The summed E-state index contributed by atoms with van der Waals surface area (Å²) in [6, 6.07) is 2.30. The van der Waals surface area contributed by atoms with E-state index in [1.165, 1.54) is 13.0 Å². The molecule has 2 N–H and O–H groups in total. The van der Waals surface area contributed by atoms with Gasteiger partial charge < -0.3 is 19.7 Å². The molecule has 1 fully saturated rings. The van der Waals surface area contributed by atoms with Crippen LogP contribution in [0.15, 0.2) is 24.0 Å². The summed E-state index contributed by atoms with van der Waals surface area (Å²) in [4.78, 5) is 0. The van der Waals surface area contributed by atoms with Gasteiger partial charge in [0.2, 0.25) is 0 Å². The van der Waals surface area contributed by atoms with E-state index >= 15 is 0 Å². The lowest BCUT2D eigenvalue weighted by molar-refractivity contribution is -0.153. The Morgan fingerprint density at radius 1 is 1.17 bits per heavy atom. The van der Waals surface area contributed by atoms with Gasteiger partial charge in [-0.25, -0.2) is 8.78 Å². The first-order valence-electron chi connectivity index (χ1n) is 8.13. The molecule has 1 aliphatic carbocycles. The van der Waals surface area contributed by atoms with Crippen LogP contribution in [0.3, 0.4) is 0 Å². The van der Waals surface area contributed by atoms with E-state index in [-0.39, 0.29) is 29.7 Å². The van der Waals surface area contributed by atoms with Crippen LogP contribution in [0.2, 0.25) is 0 Å². The van der Waals surface area contributed by atoms with Crippen LogP contribution in [-0.2, 0) is 15.9 Å². The lowest BCUT2D eigenvalue weighted by Gasteiger charge is -2.41. The summed E-state index contributed by atoms with van der Waals surface area (Å²) in [5, 5.41) is 21.2. The highest BCUT2D eigenvalue weighted by Crippen LogP contribution is 2.42.